The molecule has 0 radical (unpaired) electrons. The molecule has 0 aliphatic rings. The minimum absolute atomic E-state index is 0. The first-order valence-electron chi connectivity index (χ1n) is 14.9. The predicted molar refractivity (Wildman–Crippen MR) is 187 cm³/mol. The van der Waals surface area contributed by atoms with Gasteiger partial charge in [-0.1, -0.05) is 24.3 Å². The summed E-state index contributed by atoms with van der Waals surface area (Å²) in [6.07, 6.45) is -1.32. The average Bonchev–Trinajstić information content (AvgIpc) is 3.11. The van der Waals surface area contributed by atoms with E-state index < -0.39 is 74.8 Å². The topological polar surface area (TPSA) is 324 Å². The maximum atomic E-state index is 14.8. The second-order valence-corrected chi connectivity index (χ2v) is 16.4. The zero-order valence-corrected chi connectivity index (χ0v) is 39.6. The molecule has 0 unspecified atom stereocenters. The molecule has 4 N–H and O–H groups in total. The van der Waals surface area contributed by atoms with Crippen LogP contribution in [0.2, 0.25) is 0 Å². The molecule has 292 valence electrons. The molecule has 0 fully saturated rings. The molecule has 0 amide bonds. The number of nitrogens with two attached hydrogens (primary N) is 1. The molecule has 0 spiro atoms. The number of hydrogen-bond acceptors (Lipinski definition) is 22. The molecule has 5 rings (SSSR count). The first-order valence-corrected chi connectivity index (χ1v) is 20.2. The molecule has 0 atom stereocenters. The number of hydrogen-bond donors (Lipinski definition) is 3. The van der Waals surface area contributed by atoms with Gasteiger partial charge in [0.25, 0.3) is 0 Å². The number of phenolic OH excluding ortho intramolecular Hbond substituents is 1. The van der Waals surface area contributed by atoms with Gasteiger partial charge in [0.05, 0.1) is 39.0 Å². The number of aromatic nitrogens is 3. The molecule has 0 aliphatic heterocycles. The number of aromatic hydroxyl groups is 1. The number of halogens is 1. The molecule has 0 bridgehead atoms. The molecule has 21 nitrogen and oxygen atoms in total. The number of anilines is 5. The van der Waals surface area contributed by atoms with Gasteiger partial charge in [0.2, 0.25) is 11.9 Å². The van der Waals surface area contributed by atoms with E-state index >= 15 is 0 Å². The van der Waals surface area contributed by atoms with Crippen molar-refractivity contribution in [1.29, 1.82) is 0 Å². The van der Waals surface area contributed by atoms with E-state index in [1.807, 2.05) is 0 Å². The molecule has 5 aromatic rings. The van der Waals surface area contributed by atoms with Crippen molar-refractivity contribution < 1.29 is 151 Å². The molecule has 0 saturated carbocycles. The maximum Gasteiger partial charge on any atom is 1.00 e. The molecule has 0 saturated heterocycles. The van der Waals surface area contributed by atoms with Crippen LogP contribution >= 0.6 is 12.3 Å². The summed E-state index contributed by atoms with van der Waals surface area (Å²) in [4.78, 5) is 11.0. The third-order valence-electron chi connectivity index (χ3n) is 7.22. The zero-order chi connectivity index (χ0) is 40.0. The van der Waals surface area contributed by atoms with Gasteiger partial charge in [-0.3, -0.25) is 9.22 Å². The summed E-state index contributed by atoms with van der Waals surface area (Å²) >= 11 is 0.140. The SMILES string of the molecule is Nc1ccc2cc(S(=O)(=O)[O-])cc(O)c2c1N=Nc1ccc(Nc2nc(F)nc(N(CCS(=O)(=O)CCOSOO[O-])c3ccccc3)n2)cc1S(=O)(=O)[O-].[Na+].[Na+].[Na+]. The summed E-state index contributed by atoms with van der Waals surface area (Å²) in [7, 11) is -14.1. The van der Waals surface area contributed by atoms with E-state index in [1.54, 1.807) is 30.3 Å². The van der Waals surface area contributed by atoms with E-state index in [2.05, 4.69) is 39.9 Å². The van der Waals surface area contributed by atoms with Crippen molar-refractivity contribution in [2.75, 3.05) is 40.6 Å². The van der Waals surface area contributed by atoms with Crippen LogP contribution in [-0.4, -0.2) is 79.1 Å². The minimum atomic E-state index is -5.29. The Balaban J connectivity index is 0.00000387. The van der Waals surface area contributed by atoms with Crippen LogP contribution in [0.3, 0.4) is 0 Å². The van der Waals surface area contributed by atoms with Gasteiger partial charge in [-0.25, -0.2) is 25.3 Å². The standard InChI is InChI=1S/C29H27FN8O13S4.3Na/c30-27-33-28(35-29(34-27)38(19-4-2-1-3-5-19)10-12-53(41,42)13-11-49-52-51-50-40)32-18-7-9-22(24(15-18)55(46,47)48)36-37-26-21(31)8-6-17-14-20(54(43,44)45)16-23(39)25(17)26;;;/h1-9,14-16,39-40H,10-13,31H2,(H,43,44,45)(H,46,47,48)(H,32,33,34,35);;;/q;3*+1/p-3. The van der Waals surface area contributed by atoms with E-state index in [-0.39, 0.29) is 148 Å². The Morgan fingerprint density at radius 1 is 0.879 bits per heavy atom. The number of rotatable bonds is 17. The Hall–Kier alpha value is -2.16. The second-order valence-electron chi connectivity index (χ2n) is 10.9. The fourth-order valence-electron chi connectivity index (χ4n) is 4.80. The Bertz CT molecular complexity index is 2590. The van der Waals surface area contributed by atoms with Gasteiger partial charge in [-0.05, 0) is 53.9 Å². The third-order valence-corrected chi connectivity index (χ3v) is 10.9. The van der Waals surface area contributed by atoms with Crippen LogP contribution in [-0.2, 0) is 43.6 Å². The second kappa shape index (κ2) is 22.6. The van der Waals surface area contributed by atoms with Crippen molar-refractivity contribution >= 4 is 93.5 Å². The molecular formula is C29H24FN8Na3O13S4. The number of para-hydroxylation sites is 1. The predicted octanol–water partition coefficient (Wildman–Crippen LogP) is -6.21. The fourth-order valence-corrected chi connectivity index (χ4v) is 7.29. The number of nitrogens with zero attached hydrogens (tertiary/aromatic N) is 6. The first-order chi connectivity index (χ1) is 25.9. The Morgan fingerprint density at radius 3 is 2.24 bits per heavy atom. The molecule has 1 aromatic heterocycles. The molecular weight excluding hydrogens is 885 g/mol. The van der Waals surface area contributed by atoms with Crippen molar-refractivity contribution in [2.45, 2.75) is 9.79 Å². The summed E-state index contributed by atoms with van der Waals surface area (Å²) in [5.41, 5.74) is 5.33. The van der Waals surface area contributed by atoms with Crippen LogP contribution in [0.25, 0.3) is 10.8 Å². The summed E-state index contributed by atoms with van der Waals surface area (Å²) in [6, 6.07) is 15.3. The number of nitrogens with one attached hydrogen (secondary N) is 1. The zero-order valence-electron chi connectivity index (χ0n) is 30.4. The fraction of sp³-hybridized carbons (Fsp3) is 0.138. The van der Waals surface area contributed by atoms with Gasteiger partial charge in [0.15, 0.2) is 22.2 Å². The quantitative estimate of drug-likeness (QED) is 0.0114. The number of nitrogen functional groups attached to an aromatic ring is 1. The third kappa shape index (κ3) is 14.2. The van der Waals surface area contributed by atoms with Crippen LogP contribution < -0.4 is 110 Å². The van der Waals surface area contributed by atoms with Crippen LogP contribution in [0.15, 0.2) is 92.8 Å². The summed E-state index contributed by atoms with van der Waals surface area (Å²) in [5.74, 6) is -2.54. The van der Waals surface area contributed by atoms with Gasteiger partial charge >= 0.3 is 94.8 Å². The summed E-state index contributed by atoms with van der Waals surface area (Å²) < 4.78 is 120. The maximum absolute atomic E-state index is 14.8. The van der Waals surface area contributed by atoms with Gasteiger partial charge in [0.1, 0.15) is 37.4 Å². The molecule has 29 heteroatoms. The van der Waals surface area contributed by atoms with Crippen molar-refractivity contribution in [3.05, 3.63) is 78.9 Å². The van der Waals surface area contributed by atoms with Crippen molar-refractivity contribution in [2.24, 2.45) is 10.2 Å². The smallest absolute Gasteiger partial charge is 0.744 e. The van der Waals surface area contributed by atoms with Gasteiger partial charge in [0, 0.05) is 17.9 Å². The summed E-state index contributed by atoms with van der Waals surface area (Å²) in [6.45, 7) is -0.657. The summed E-state index contributed by atoms with van der Waals surface area (Å²) in [5, 5.41) is 33.6. The van der Waals surface area contributed by atoms with Crippen molar-refractivity contribution in [1.82, 2.24) is 15.0 Å². The van der Waals surface area contributed by atoms with E-state index in [0.717, 1.165) is 18.2 Å². The number of phenols is 1. The van der Waals surface area contributed by atoms with Gasteiger partial charge < -0.3 is 35.4 Å². The number of fused-ring (bicyclic) bond motifs is 1. The molecule has 4 aromatic carbocycles. The molecule has 58 heavy (non-hydrogen) atoms. The first kappa shape index (κ1) is 52.0. The van der Waals surface area contributed by atoms with Crippen molar-refractivity contribution in [3.63, 3.8) is 0 Å². The largest absolute Gasteiger partial charge is 1.00 e. The van der Waals surface area contributed by atoms with E-state index in [4.69, 9.17) is 9.92 Å². The number of azo groups is 1. The number of sulfone groups is 1. The Kier molecular flexibility index (Phi) is 20.3. The molecule has 1 heterocycles. The van der Waals surface area contributed by atoms with Crippen LogP contribution in [0.4, 0.5) is 44.7 Å². The van der Waals surface area contributed by atoms with Gasteiger partial charge in [-0.2, -0.15) is 19.3 Å². The minimum Gasteiger partial charge on any atom is -0.744 e. The Morgan fingerprint density at radius 2 is 1.59 bits per heavy atom. The van der Waals surface area contributed by atoms with E-state index in [0.29, 0.717) is 11.8 Å². The van der Waals surface area contributed by atoms with Crippen molar-refractivity contribution in [3.8, 4) is 5.75 Å². The van der Waals surface area contributed by atoms with Crippen LogP contribution in [0.1, 0.15) is 0 Å². The normalized spacial score (nSPS) is 11.7. The van der Waals surface area contributed by atoms with E-state index in [1.165, 1.54) is 23.1 Å². The van der Waals surface area contributed by atoms with Crippen LogP contribution in [0.5, 0.6) is 5.75 Å². The number of benzene rings is 4. The van der Waals surface area contributed by atoms with E-state index in [9.17, 15) is 49.1 Å². The Labute approximate surface area is 400 Å². The molecule has 0 aliphatic carbocycles. The average molecular weight is 909 g/mol. The monoisotopic (exact) mass is 908 g/mol. The van der Waals surface area contributed by atoms with Crippen LogP contribution in [0, 0.1) is 6.08 Å². The van der Waals surface area contributed by atoms with Gasteiger partial charge in [-0.15, -0.1) is 14.6 Å².